The Morgan fingerprint density at radius 1 is 1.12 bits per heavy atom. The minimum absolute atomic E-state index is 0.529. The van der Waals surface area contributed by atoms with E-state index in [9.17, 15) is 21.6 Å². The van der Waals surface area contributed by atoms with E-state index in [0.29, 0.717) is 32.1 Å². The van der Waals surface area contributed by atoms with Gasteiger partial charge in [0.05, 0.1) is 41.4 Å². The fourth-order valence-corrected chi connectivity index (χ4v) is 6.74. The van der Waals surface area contributed by atoms with E-state index >= 15 is 0 Å². The molecule has 0 spiro atoms. The van der Waals surface area contributed by atoms with E-state index in [-0.39, 0.29) is 0 Å². The topological polar surface area (TPSA) is 145 Å². The molecule has 0 amide bonds. The molecule has 2 fully saturated rings. The number of halogens is 3. The van der Waals surface area contributed by atoms with Crippen molar-refractivity contribution in [2.75, 3.05) is 63.6 Å². The van der Waals surface area contributed by atoms with Crippen molar-refractivity contribution in [1.29, 1.82) is 0 Å². The first-order valence-electron chi connectivity index (χ1n) is 12.9. The number of H-pyrrole nitrogens is 1. The quantitative estimate of drug-likeness (QED) is 0.339. The van der Waals surface area contributed by atoms with Crippen LogP contribution in [-0.2, 0) is 26.1 Å². The second kappa shape index (κ2) is 12.1. The van der Waals surface area contributed by atoms with Crippen molar-refractivity contribution in [3.05, 3.63) is 35.3 Å². The van der Waals surface area contributed by atoms with Gasteiger partial charge in [-0.25, -0.2) is 23.2 Å². The van der Waals surface area contributed by atoms with Gasteiger partial charge in [0.15, 0.2) is 11.6 Å². The van der Waals surface area contributed by atoms with Crippen LogP contribution < -0.4 is 4.90 Å². The summed E-state index contributed by atoms with van der Waals surface area (Å²) in [6.45, 7) is 6.22. The number of hydrogen-bond acceptors (Lipinski definition) is 10. The van der Waals surface area contributed by atoms with E-state index in [2.05, 4.69) is 26.1 Å². The van der Waals surface area contributed by atoms with Gasteiger partial charge in [-0.15, -0.1) is 11.3 Å². The van der Waals surface area contributed by atoms with Crippen molar-refractivity contribution in [3.8, 4) is 11.4 Å². The number of rotatable bonds is 5. The third-order valence-corrected chi connectivity index (χ3v) is 9.27. The number of hydrogen-bond donors (Lipinski definition) is 2. The van der Waals surface area contributed by atoms with Crippen molar-refractivity contribution in [1.82, 2.24) is 29.4 Å². The van der Waals surface area contributed by atoms with Gasteiger partial charge < -0.3 is 14.7 Å². The van der Waals surface area contributed by atoms with Crippen molar-refractivity contribution in [2.45, 2.75) is 12.7 Å². The molecule has 2 aliphatic heterocycles. The predicted molar refractivity (Wildman–Crippen MR) is 151 cm³/mol. The number of carboxylic acid groups (broad SMARTS) is 1. The number of alkyl halides is 3. The molecule has 17 heteroatoms. The Bertz CT molecular complexity index is 1680. The van der Waals surface area contributed by atoms with Gasteiger partial charge in [-0.05, 0) is 12.1 Å². The van der Waals surface area contributed by atoms with Crippen molar-refractivity contribution in [2.24, 2.45) is 0 Å². The minimum Gasteiger partial charge on any atom is -0.475 e. The number of aromatic amines is 1. The van der Waals surface area contributed by atoms with Crippen molar-refractivity contribution < 1.29 is 36.2 Å². The zero-order valence-corrected chi connectivity index (χ0v) is 24.1. The van der Waals surface area contributed by atoms with Crippen LogP contribution in [-0.4, -0.2) is 114 Å². The molecule has 12 nitrogen and oxygen atoms in total. The summed E-state index contributed by atoms with van der Waals surface area (Å²) in [5.41, 5.74) is 2.85. The van der Waals surface area contributed by atoms with Gasteiger partial charge in [-0.3, -0.25) is 10.00 Å². The third-order valence-electron chi connectivity index (χ3n) is 6.86. The molecule has 5 heterocycles. The number of thiophene rings is 1. The molecule has 0 saturated carbocycles. The fourth-order valence-electron chi connectivity index (χ4n) is 4.75. The van der Waals surface area contributed by atoms with Crippen LogP contribution >= 0.6 is 11.3 Å². The number of anilines is 1. The Labute approximate surface area is 242 Å². The van der Waals surface area contributed by atoms with E-state index in [4.69, 9.17) is 24.6 Å². The molecule has 6 rings (SSSR count). The Kier molecular flexibility index (Phi) is 8.66. The lowest BCUT2D eigenvalue weighted by Crippen LogP contribution is -2.47. The number of carbonyl (C=O) groups is 1. The molecule has 0 atom stereocenters. The molecule has 42 heavy (non-hydrogen) atoms. The highest BCUT2D eigenvalue weighted by Crippen LogP contribution is 2.36. The van der Waals surface area contributed by atoms with Gasteiger partial charge in [0.2, 0.25) is 10.0 Å². The molecule has 0 aliphatic carbocycles. The first-order valence-corrected chi connectivity index (χ1v) is 15.6. The van der Waals surface area contributed by atoms with Crippen molar-refractivity contribution >= 4 is 54.3 Å². The number of aromatic nitrogens is 4. The maximum absolute atomic E-state index is 11.8. The third kappa shape index (κ3) is 6.81. The summed E-state index contributed by atoms with van der Waals surface area (Å²) < 4.78 is 63.6. The van der Waals surface area contributed by atoms with Crippen LogP contribution in [0.2, 0.25) is 0 Å². The molecular weight excluding hydrogens is 599 g/mol. The average molecular weight is 628 g/mol. The number of piperazine rings is 1. The normalized spacial score (nSPS) is 17.4. The maximum Gasteiger partial charge on any atom is 0.490 e. The van der Waals surface area contributed by atoms with E-state index in [0.717, 1.165) is 65.2 Å². The van der Waals surface area contributed by atoms with Gasteiger partial charge >= 0.3 is 12.1 Å². The maximum atomic E-state index is 11.8. The number of ether oxygens (including phenoxy) is 1. The smallest absolute Gasteiger partial charge is 0.475 e. The Balaban J connectivity index is 0.000000451. The molecule has 0 radical (unpaired) electrons. The summed E-state index contributed by atoms with van der Waals surface area (Å²) in [5, 5.41) is 15.4. The van der Waals surface area contributed by atoms with Crippen LogP contribution in [0.1, 0.15) is 4.88 Å². The number of benzene rings is 1. The van der Waals surface area contributed by atoms with E-state index < -0.39 is 22.2 Å². The summed E-state index contributed by atoms with van der Waals surface area (Å²) in [7, 11) is -3.13. The van der Waals surface area contributed by atoms with Gasteiger partial charge in [-0.2, -0.15) is 22.6 Å². The van der Waals surface area contributed by atoms with Gasteiger partial charge in [0, 0.05) is 61.6 Å². The largest absolute Gasteiger partial charge is 0.490 e. The highest BCUT2D eigenvalue weighted by atomic mass is 32.2. The molecule has 2 N–H and O–H groups in total. The molecule has 2 aliphatic rings. The van der Waals surface area contributed by atoms with Gasteiger partial charge in [0.25, 0.3) is 0 Å². The Morgan fingerprint density at radius 2 is 1.81 bits per heavy atom. The highest BCUT2D eigenvalue weighted by molar-refractivity contribution is 7.88. The number of sulfonamides is 1. The molecule has 1 aromatic carbocycles. The Hall–Kier alpha value is -3.38. The van der Waals surface area contributed by atoms with Gasteiger partial charge in [-0.1, -0.05) is 12.1 Å². The lowest BCUT2D eigenvalue weighted by atomic mass is 10.1. The summed E-state index contributed by atoms with van der Waals surface area (Å²) in [5.74, 6) is -1.11. The SMILES string of the molecule is CS(=O)(=O)N1CCN(Cc2cc3nc(-c4cccc5[nH]ncc45)nc(N4CCOCC4)c3s2)CC1.O=C(O)C(F)(F)F. The lowest BCUT2D eigenvalue weighted by molar-refractivity contribution is -0.192. The van der Waals surface area contributed by atoms with Crippen LogP contribution in [0.15, 0.2) is 30.5 Å². The number of nitrogens with one attached hydrogen (secondary N) is 1. The molecule has 0 unspecified atom stereocenters. The summed E-state index contributed by atoms with van der Waals surface area (Å²) in [6.07, 6.45) is -1.98. The zero-order valence-electron chi connectivity index (χ0n) is 22.5. The minimum atomic E-state index is -5.08. The van der Waals surface area contributed by atoms with E-state index in [1.165, 1.54) is 11.1 Å². The fraction of sp³-hybridized carbons (Fsp3) is 0.440. The Morgan fingerprint density at radius 3 is 2.45 bits per heavy atom. The second-order valence-corrected chi connectivity index (χ2v) is 12.9. The number of aliphatic carboxylic acids is 1. The summed E-state index contributed by atoms with van der Waals surface area (Å²) >= 11 is 1.73. The number of carboxylic acids is 1. The standard InChI is InChI=1S/C23H27N7O3S2.C2HF3O2/c1-35(31,32)30-7-5-28(6-8-30)15-16-13-20-21(34-16)23(29-9-11-33-12-10-29)26-22(25-20)17-3-2-4-19-18(17)14-24-27-19;3-2(4,5)1(6)7/h2-4,13-14H,5-12,15H2,1H3,(H,24,27);(H,6,7). The number of morpholine rings is 1. The van der Waals surface area contributed by atoms with Crippen LogP contribution in [0.5, 0.6) is 0 Å². The lowest BCUT2D eigenvalue weighted by Gasteiger charge is -2.32. The summed E-state index contributed by atoms with van der Waals surface area (Å²) in [4.78, 5) is 24.7. The molecular formula is C25H28F3N7O5S2. The molecule has 226 valence electrons. The van der Waals surface area contributed by atoms with Crippen LogP contribution in [0.4, 0.5) is 19.0 Å². The van der Waals surface area contributed by atoms with Crippen LogP contribution in [0.25, 0.3) is 32.5 Å². The van der Waals surface area contributed by atoms with Crippen LogP contribution in [0.3, 0.4) is 0 Å². The van der Waals surface area contributed by atoms with Crippen LogP contribution in [0, 0.1) is 0 Å². The average Bonchev–Trinajstić information content (AvgIpc) is 3.59. The zero-order chi connectivity index (χ0) is 30.1. The van der Waals surface area contributed by atoms with Gasteiger partial charge in [0.1, 0.15) is 0 Å². The molecule has 4 aromatic rings. The molecule has 2 saturated heterocycles. The van der Waals surface area contributed by atoms with Crippen molar-refractivity contribution in [3.63, 3.8) is 0 Å². The second-order valence-electron chi connectivity index (χ2n) is 9.78. The summed E-state index contributed by atoms with van der Waals surface area (Å²) in [6, 6.07) is 8.19. The number of nitrogens with zero attached hydrogens (tertiary/aromatic N) is 6. The first kappa shape index (κ1) is 30.1. The molecule has 3 aromatic heterocycles. The van der Waals surface area contributed by atoms with E-state index in [1.807, 2.05) is 24.4 Å². The first-order chi connectivity index (χ1) is 19.9. The highest BCUT2D eigenvalue weighted by Gasteiger charge is 2.38. The van der Waals surface area contributed by atoms with E-state index in [1.54, 1.807) is 15.6 Å². The monoisotopic (exact) mass is 627 g/mol. The number of fused-ring (bicyclic) bond motifs is 2. The predicted octanol–water partition coefficient (Wildman–Crippen LogP) is 2.78. The molecule has 0 bridgehead atoms.